The van der Waals surface area contributed by atoms with Gasteiger partial charge < -0.3 is 14.7 Å². The first-order valence-corrected chi connectivity index (χ1v) is 7.19. The van der Waals surface area contributed by atoms with Crippen LogP contribution >= 0.6 is 0 Å². The first-order chi connectivity index (χ1) is 9.97. The van der Waals surface area contributed by atoms with Crippen LogP contribution in [0.25, 0.3) is 0 Å². The Bertz CT molecular complexity index is 512. The van der Waals surface area contributed by atoms with E-state index < -0.39 is 5.97 Å². The average molecular weight is 291 g/mol. The van der Waals surface area contributed by atoms with Gasteiger partial charge in [-0.3, -0.25) is 9.59 Å². The average Bonchev–Trinajstić information content (AvgIpc) is 2.46. The molecule has 1 N–H and O–H groups in total. The third-order valence-corrected chi connectivity index (χ3v) is 3.93. The number of hydrogen-bond donors (Lipinski definition) is 1. The summed E-state index contributed by atoms with van der Waals surface area (Å²) in [7, 11) is 0. The van der Waals surface area contributed by atoms with E-state index in [1.165, 1.54) is 0 Å². The van der Waals surface area contributed by atoms with Crippen molar-refractivity contribution in [2.45, 2.75) is 32.7 Å². The minimum absolute atomic E-state index is 0.00879. The summed E-state index contributed by atoms with van der Waals surface area (Å²) in [6, 6.07) is 7.47. The number of carbonyl (C=O) groups excluding carboxylic acids is 1. The molecule has 0 spiro atoms. The predicted octanol–water partition coefficient (Wildman–Crippen LogP) is 2.09. The van der Waals surface area contributed by atoms with Crippen LogP contribution < -0.4 is 4.74 Å². The Morgan fingerprint density at radius 3 is 2.57 bits per heavy atom. The molecule has 5 nitrogen and oxygen atoms in total. The summed E-state index contributed by atoms with van der Waals surface area (Å²) in [5.74, 6) is -0.541. The van der Waals surface area contributed by atoms with E-state index in [0.717, 1.165) is 5.56 Å². The molecule has 1 fully saturated rings. The lowest BCUT2D eigenvalue weighted by atomic mass is 9.92. The van der Waals surface area contributed by atoms with Crippen molar-refractivity contribution in [2.24, 2.45) is 5.92 Å². The van der Waals surface area contributed by atoms with E-state index in [1.807, 2.05) is 38.1 Å². The molecule has 0 aliphatic carbocycles. The molecule has 2 unspecified atom stereocenters. The van der Waals surface area contributed by atoms with Gasteiger partial charge in [0.2, 0.25) is 0 Å². The fraction of sp³-hybridized carbons (Fsp3) is 0.500. The van der Waals surface area contributed by atoms with Gasteiger partial charge >= 0.3 is 5.97 Å². The first kappa shape index (κ1) is 15.4. The van der Waals surface area contributed by atoms with Crippen LogP contribution in [0.5, 0.6) is 5.75 Å². The summed E-state index contributed by atoms with van der Waals surface area (Å²) >= 11 is 0. The van der Waals surface area contributed by atoms with E-state index >= 15 is 0 Å². The van der Waals surface area contributed by atoms with Gasteiger partial charge in [-0.2, -0.15) is 0 Å². The minimum Gasteiger partial charge on any atom is -0.484 e. The Kier molecular flexibility index (Phi) is 4.83. The molecular formula is C16H21NO4. The van der Waals surface area contributed by atoms with E-state index in [1.54, 1.807) is 4.90 Å². The molecule has 0 saturated carbocycles. The van der Waals surface area contributed by atoms with E-state index in [9.17, 15) is 9.59 Å². The number of benzene rings is 1. The summed E-state index contributed by atoms with van der Waals surface area (Å²) < 4.78 is 5.49. The van der Waals surface area contributed by atoms with Crippen LogP contribution in [-0.4, -0.2) is 41.1 Å². The third kappa shape index (κ3) is 3.97. The molecule has 1 aromatic carbocycles. The van der Waals surface area contributed by atoms with Crippen molar-refractivity contribution in [1.82, 2.24) is 4.90 Å². The van der Waals surface area contributed by atoms with Gasteiger partial charge in [0.25, 0.3) is 5.91 Å². The number of aryl methyl sites for hydroxylation is 1. The summed E-state index contributed by atoms with van der Waals surface area (Å²) in [6.07, 6.45) is 1.02. The number of carboxylic acid groups (broad SMARTS) is 1. The van der Waals surface area contributed by atoms with Crippen molar-refractivity contribution in [1.29, 1.82) is 0 Å². The Morgan fingerprint density at radius 2 is 2.00 bits per heavy atom. The lowest BCUT2D eigenvalue weighted by Crippen LogP contribution is -2.47. The number of ether oxygens (including phenoxy) is 1. The lowest BCUT2D eigenvalue weighted by molar-refractivity contribution is -0.148. The van der Waals surface area contributed by atoms with Crippen molar-refractivity contribution in [3.63, 3.8) is 0 Å². The SMILES string of the molecule is Cc1ccc(OCC(=O)N2CCC(C(=O)O)CC2C)cc1. The molecule has 1 aliphatic heterocycles. The highest BCUT2D eigenvalue weighted by Gasteiger charge is 2.32. The van der Waals surface area contributed by atoms with Gasteiger partial charge in [-0.05, 0) is 38.8 Å². The summed E-state index contributed by atoms with van der Waals surface area (Å²) in [5.41, 5.74) is 1.14. The van der Waals surface area contributed by atoms with Crippen LogP contribution in [0.2, 0.25) is 0 Å². The van der Waals surface area contributed by atoms with E-state index in [4.69, 9.17) is 9.84 Å². The van der Waals surface area contributed by atoms with E-state index in [0.29, 0.717) is 25.1 Å². The van der Waals surface area contributed by atoms with Crippen LogP contribution in [0.15, 0.2) is 24.3 Å². The van der Waals surface area contributed by atoms with Crippen molar-refractivity contribution in [3.05, 3.63) is 29.8 Å². The number of rotatable bonds is 4. The van der Waals surface area contributed by atoms with Gasteiger partial charge in [0.1, 0.15) is 5.75 Å². The van der Waals surface area contributed by atoms with Crippen molar-refractivity contribution < 1.29 is 19.4 Å². The normalized spacial score (nSPS) is 21.9. The Balaban J connectivity index is 1.86. The number of carboxylic acids is 1. The number of hydrogen-bond acceptors (Lipinski definition) is 3. The number of carbonyl (C=O) groups is 2. The minimum atomic E-state index is -0.773. The quantitative estimate of drug-likeness (QED) is 0.922. The number of likely N-dealkylation sites (tertiary alicyclic amines) is 1. The molecule has 1 heterocycles. The van der Waals surface area contributed by atoms with Crippen LogP contribution in [0.3, 0.4) is 0 Å². The fourth-order valence-electron chi connectivity index (χ4n) is 2.63. The summed E-state index contributed by atoms with van der Waals surface area (Å²) in [4.78, 5) is 24.9. The molecule has 1 aromatic rings. The van der Waals surface area contributed by atoms with Gasteiger partial charge in [-0.1, -0.05) is 17.7 Å². The summed E-state index contributed by atoms with van der Waals surface area (Å²) in [6.45, 7) is 4.35. The molecule has 1 amide bonds. The molecule has 1 aliphatic rings. The van der Waals surface area contributed by atoms with Crippen molar-refractivity contribution in [2.75, 3.05) is 13.2 Å². The molecule has 114 valence electrons. The smallest absolute Gasteiger partial charge is 0.306 e. The topological polar surface area (TPSA) is 66.8 Å². The second kappa shape index (κ2) is 6.61. The van der Waals surface area contributed by atoms with Crippen molar-refractivity contribution in [3.8, 4) is 5.75 Å². The van der Waals surface area contributed by atoms with Crippen LogP contribution in [0.4, 0.5) is 0 Å². The zero-order chi connectivity index (χ0) is 15.4. The molecule has 0 bridgehead atoms. The Morgan fingerprint density at radius 1 is 1.33 bits per heavy atom. The lowest BCUT2D eigenvalue weighted by Gasteiger charge is -2.36. The summed E-state index contributed by atoms with van der Waals surface area (Å²) in [5, 5.41) is 9.03. The number of nitrogens with zero attached hydrogens (tertiary/aromatic N) is 1. The number of amides is 1. The zero-order valence-corrected chi connectivity index (χ0v) is 12.4. The maximum absolute atomic E-state index is 12.2. The first-order valence-electron chi connectivity index (χ1n) is 7.19. The molecule has 0 radical (unpaired) electrons. The van der Waals surface area contributed by atoms with E-state index in [-0.39, 0.29) is 24.5 Å². The van der Waals surface area contributed by atoms with Crippen molar-refractivity contribution >= 4 is 11.9 Å². The molecular weight excluding hydrogens is 270 g/mol. The number of piperidine rings is 1. The van der Waals surface area contributed by atoms with Crippen LogP contribution in [0.1, 0.15) is 25.3 Å². The van der Waals surface area contributed by atoms with Gasteiger partial charge in [0, 0.05) is 12.6 Å². The predicted molar refractivity (Wildman–Crippen MR) is 78.2 cm³/mol. The maximum Gasteiger partial charge on any atom is 0.306 e. The Labute approximate surface area is 124 Å². The monoisotopic (exact) mass is 291 g/mol. The molecule has 21 heavy (non-hydrogen) atoms. The maximum atomic E-state index is 12.2. The van der Waals surface area contributed by atoms with Crippen LogP contribution in [0, 0.1) is 12.8 Å². The number of aliphatic carboxylic acids is 1. The molecule has 5 heteroatoms. The van der Waals surface area contributed by atoms with Gasteiger partial charge in [-0.25, -0.2) is 0 Å². The Hall–Kier alpha value is -2.04. The fourth-order valence-corrected chi connectivity index (χ4v) is 2.63. The molecule has 2 rings (SSSR count). The second-order valence-corrected chi connectivity index (χ2v) is 5.60. The molecule has 1 saturated heterocycles. The van der Waals surface area contributed by atoms with Gasteiger partial charge in [0.05, 0.1) is 5.92 Å². The molecule has 0 aromatic heterocycles. The highest BCUT2D eigenvalue weighted by molar-refractivity contribution is 5.78. The highest BCUT2D eigenvalue weighted by Crippen LogP contribution is 2.23. The molecule has 2 atom stereocenters. The highest BCUT2D eigenvalue weighted by atomic mass is 16.5. The standard InChI is InChI=1S/C16H21NO4/c1-11-3-5-14(6-4-11)21-10-15(18)17-8-7-13(16(19)20)9-12(17)2/h3-6,12-13H,7-10H2,1-2H3,(H,19,20). The zero-order valence-electron chi connectivity index (χ0n) is 12.4. The van der Waals surface area contributed by atoms with E-state index in [2.05, 4.69) is 0 Å². The van der Waals surface area contributed by atoms with Gasteiger partial charge in [-0.15, -0.1) is 0 Å². The van der Waals surface area contributed by atoms with Crippen LogP contribution in [-0.2, 0) is 9.59 Å². The largest absolute Gasteiger partial charge is 0.484 e. The third-order valence-electron chi connectivity index (χ3n) is 3.93. The van der Waals surface area contributed by atoms with Gasteiger partial charge in [0.15, 0.2) is 6.61 Å². The second-order valence-electron chi connectivity index (χ2n) is 5.60.